The first kappa shape index (κ1) is 12.1. The van der Waals surface area contributed by atoms with Crippen LogP contribution in [0.3, 0.4) is 0 Å². The molecule has 0 bridgehead atoms. The van der Waals surface area contributed by atoms with E-state index in [1.54, 1.807) is 10.6 Å². The molecule has 6 nitrogen and oxygen atoms in total. The fourth-order valence-corrected chi connectivity index (χ4v) is 2.62. The second-order valence-corrected chi connectivity index (χ2v) is 5.61. The average molecular weight is 279 g/mol. The molecule has 6 heteroatoms. The summed E-state index contributed by atoms with van der Waals surface area (Å²) in [6, 6.07) is 7.44. The van der Waals surface area contributed by atoms with Gasteiger partial charge in [0.15, 0.2) is 5.82 Å². The summed E-state index contributed by atoms with van der Waals surface area (Å²) in [6.07, 6.45) is 0.768. The zero-order valence-electron chi connectivity index (χ0n) is 11.7. The highest BCUT2D eigenvalue weighted by Gasteiger charge is 2.30. The third-order valence-corrected chi connectivity index (χ3v) is 3.56. The average Bonchev–Trinajstić information content (AvgIpc) is 2.98. The van der Waals surface area contributed by atoms with Gasteiger partial charge in [-0.25, -0.2) is 4.98 Å². The summed E-state index contributed by atoms with van der Waals surface area (Å²) < 4.78 is 1.65. The molecule has 104 valence electrons. The molecule has 0 saturated heterocycles. The third-order valence-electron chi connectivity index (χ3n) is 3.56. The third kappa shape index (κ3) is 1.68. The molecule has 4 rings (SSSR count). The number of carbonyl (C=O) groups excluding carboxylic acids is 1. The molecule has 0 radical (unpaired) electrons. The van der Waals surface area contributed by atoms with Crippen molar-refractivity contribution in [3.05, 3.63) is 41.3 Å². The molecule has 0 fully saturated rings. The van der Waals surface area contributed by atoms with Crippen LogP contribution >= 0.6 is 0 Å². The molecule has 2 aromatic heterocycles. The van der Waals surface area contributed by atoms with Crippen LogP contribution in [-0.4, -0.2) is 30.6 Å². The number of ketones is 1. The molecule has 1 aliphatic rings. The molecular formula is C15H13N5O. The van der Waals surface area contributed by atoms with Crippen LogP contribution in [-0.2, 0) is 6.42 Å². The molecule has 0 atom stereocenters. The van der Waals surface area contributed by atoms with Crippen LogP contribution in [0.5, 0.6) is 0 Å². The van der Waals surface area contributed by atoms with Gasteiger partial charge in [-0.05, 0) is 5.92 Å². The maximum Gasteiger partial charge on any atom is 0.272 e. The van der Waals surface area contributed by atoms with E-state index in [1.165, 1.54) is 0 Å². The lowest BCUT2D eigenvalue weighted by atomic mass is 10.1. The molecular weight excluding hydrogens is 266 g/mol. The lowest BCUT2D eigenvalue weighted by Gasteiger charge is -2.03. The lowest BCUT2D eigenvalue weighted by Crippen LogP contribution is -2.07. The molecule has 1 aromatic carbocycles. The van der Waals surface area contributed by atoms with Crippen molar-refractivity contribution in [2.75, 3.05) is 0 Å². The summed E-state index contributed by atoms with van der Waals surface area (Å²) in [5, 5.41) is 12.7. The molecule has 1 aliphatic carbocycles. The Kier molecular flexibility index (Phi) is 2.42. The zero-order chi connectivity index (χ0) is 14.6. The fraction of sp³-hybridized carbons (Fsp3) is 0.267. The summed E-state index contributed by atoms with van der Waals surface area (Å²) in [4.78, 5) is 16.7. The summed E-state index contributed by atoms with van der Waals surface area (Å²) in [5.74, 6) is 1.50. The number of rotatable bonds is 2. The second kappa shape index (κ2) is 4.18. The van der Waals surface area contributed by atoms with Gasteiger partial charge in [0.2, 0.25) is 5.78 Å². The van der Waals surface area contributed by atoms with Gasteiger partial charge in [0, 0.05) is 17.5 Å². The molecule has 2 heterocycles. The quantitative estimate of drug-likeness (QED) is 0.560. The number of aromatic nitrogens is 5. The highest BCUT2D eigenvalue weighted by Crippen LogP contribution is 2.33. The van der Waals surface area contributed by atoms with Crippen LogP contribution in [0, 0.1) is 5.92 Å². The van der Waals surface area contributed by atoms with Crippen molar-refractivity contribution in [1.82, 2.24) is 24.8 Å². The smallest absolute Gasteiger partial charge is 0.272 e. The van der Waals surface area contributed by atoms with E-state index in [-0.39, 0.29) is 5.78 Å². The van der Waals surface area contributed by atoms with Gasteiger partial charge in [-0.1, -0.05) is 38.1 Å². The SMILES string of the molecule is CC(C)Cc1nnc2nc3c(nn12)-c1ccccc1C3=O. The van der Waals surface area contributed by atoms with Crippen LogP contribution in [0.4, 0.5) is 0 Å². The molecule has 0 spiro atoms. The standard InChI is InChI=1S/C15H13N5O/c1-8(2)7-11-17-18-15-16-13-12(19-20(11)15)9-5-3-4-6-10(9)14(13)21/h3-6,8H,7H2,1-2H3. The van der Waals surface area contributed by atoms with Crippen molar-refractivity contribution in [2.24, 2.45) is 5.92 Å². The van der Waals surface area contributed by atoms with Crippen molar-refractivity contribution in [3.8, 4) is 11.3 Å². The minimum absolute atomic E-state index is 0.0935. The Bertz CT molecular complexity index is 881. The topological polar surface area (TPSA) is 73.0 Å². The Morgan fingerprint density at radius 3 is 2.62 bits per heavy atom. The number of hydrogen-bond acceptors (Lipinski definition) is 5. The Labute approximate surface area is 120 Å². The highest BCUT2D eigenvalue weighted by atomic mass is 16.1. The Morgan fingerprint density at radius 1 is 1.10 bits per heavy atom. The summed E-state index contributed by atoms with van der Waals surface area (Å²) in [7, 11) is 0. The van der Waals surface area contributed by atoms with Crippen LogP contribution in [0.15, 0.2) is 24.3 Å². The summed E-state index contributed by atoms with van der Waals surface area (Å²) in [6.45, 7) is 4.22. The van der Waals surface area contributed by atoms with Crippen molar-refractivity contribution in [1.29, 1.82) is 0 Å². The number of nitrogens with zero attached hydrogens (tertiary/aromatic N) is 5. The lowest BCUT2D eigenvalue weighted by molar-refractivity contribution is 0.103. The van der Waals surface area contributed by atoms with Gasteiger partial charge in [0.1, 0.15) is 11.4 Å². The van der Waals surface area contributed by atoms with E-state index < -0.39 is 0 Å². The van der Waals surface area contributed by atoms with Crippen LogP contribution in [0.2, 0.25) is 0 Å². The Hall–Kier alpha value is -2.63. The predicted molar refractivity (Wildman–Crippen MR) is 76.0 cm³/mol. The van der Waals surface area contributed by atoms with Gasteiger partial charge in [-0.15, -0.1) is 10.2 Å². The molecule has 21 heavy (non-hydrogen) atoms. The molecule has 0 aliphatic heterocycles. The van der Waals surface area contributed by atoms with Gasteiger partial charge in [-0.2, -0.15) is 9.61 Å². The Morgan fingerprint density at radius 2 is 1.86 bits per heavy atom. The first-order chi connectivity index (χ1) is 10.1. The van der Waals surface area contributed by atoms with E-state index in [4.69, 9.17) is 0 Å². The number of hydrogen-bond donors (Lipinski definition) is 0. The van der Waals surface area contributed by atoms with Gasteiger partial charge in [0.05, 0.1) is 0 Å². The van der Waals surface area contributed by atoms with Crippen molar-refractivity contribution >= 4 is 11.6 Å². The van der Waals surface area contributed by atoms with Crippen LogP contribution < -0.4 is 0 Å². The maximum atomic E-state index is 12.4. The van der Waals surface area contributed by atoms with E-state index in [1.807, 2.05) is 18.2 Å². The largest absolute Gasteiger partial charge is 0.287 e. The highest BCUT2D eigenvalue weighted by molar-refractivity contribution is 6.19. The molecule has 0 unspecified atom stereocenters. The normalized spacial score (nSPS) is 13.0. The summed E-state index contributed by atoms with van der Waals surface area (Å²) >= 11 is 0. The molecule has 0 saturated carbocycles. The van der Waals surface area contributed by atoms with E-state index in [0.717, 1.165) is 17.8 Å². The van der Waals surface area contributed by atoms with Crippen LogP contribution in [0.25, 0.3) is 17.0 Å². The van der Waals surface area contributed by atoms with Crippen molar-refractivity contribution in [2.45, 2.75) is 20.3 Å². The first-order valence-corrected chi connectivity index (χ1v) is 6.91. The zero-order valence-corrected chi connectivity index (χ0v) is 11.7. The molecule has 0 amide bonds. The van der Waals surface area contributed by atoms with E-state index >= 15 is 0 Å². The van der Waals surface area contributed by atoms with Crippen LogP contribution in [0.1, 0.15) is 35.7 Å². The second-order valence-electron chi connectivity index (χ2n) is 5.61. The van der Waals surface area contributed by atoms with Gasteiger partial charge < -0.3 is 0 Å². The van der Waals surface area contributed by atoms with Crippen molar-refractivity contribution < 1.29 is 4.79 Å². The molecule has 0 N–H and O–H groups in total. The maximum absolute atomic E-state index is 12.4. The minimum Gasteiger partial charge on any atom is -0.287 e. The van der Waals surface area contributed by atoms with E-state index in [2.05, 4.69) is 34.1 Å². The van der Waals surface area contributed by atoms with Gasteiger partial charge >= 0.3 is 0 Å². The monoisotopic (exact) mass is 279 g/mol. The predicted octanol–water partition coefficient (Wildman–Crippen LogP) is 1.93. The first-order valence-electron chi connectivity index (χ1n) is 6.91. The Balaban J connectivity index is 1.97. The number of carbonyl (C=O) groups is 1. The number of benzene rings is 1. The van der Waals surface area contributed by atoms with Gasteiger partial charge in [-0.3, -0.25) is 4.79 Å². The minimum atomic E-state index is -0.0935. The van der Waals surface area contributed by atoms with Gasteiger partial charge in [0.25, 0.3) is 5.78 Å². The van der Waals surface area contributed by atoms with E-state index in [0.29, 0.717) is 28.6 Å². The fourth-order valence-electron chi connectivity index (χ4n) is 2.62. The number of fused-ring (bicyclic) bond motifs is 4. The van der Waals surface area contributed by atoms with Crippen molar-refractivity contribution in [3.63, 3.8) is 0 Å². The molecule has 3 aromatic rings. The summed E-state index contributed by atoms with van der Waals surface area (Å²) in [5.41, 5.74) is 2.47. The van der Waals surface area contributed by atoms with E-state index in [9.17, 15) is 4.79 Å².